The molecule has 2 atom stereocenters. The van der Waals surface area contributed by atoms with Crippen molar-refractivity contribution < 1.29 is 18.8 Å². The molecule has 0 aliphatic carbocycles. The maximum Gasteiger partial charge on any atom is 0.307 e. The zero-order chi connectivity index (χ0) is 13.7. The Morgan fingerprint density at radius 3 is 2.58 bits per heavy atom. The minimum atomic E-state index is -0.920. The van der Waals surface area contributed by atoms with E-state index in [2.05, 4.69) is 0 Å². The second-order valence-corrected chi connectivity index (χ2v) is 6.27. The van der Waals surface area contributed by atoms with Crippen LogP contribution in [0, 0.1) is 0 Å². The Morgan fingerprint density at radius 1 is 1.32 bits per heavy atom. The molecule has 5 heteroatoms. The second kappa shape index (κ2) is 6.82. The van der Waals surface area contributed by atoms with Gasteiger partial charge in [-0.1, -0.05) is 24.3 Å². The molecule has 1 heterocycles. The Labute approximate surface area is 115 Å². The Balaban J connectivity index is 1.84. The summed E-state index contributed by atoms with van der Waals surface area (Å²) >= 11 is 0. The van der Waals surface area contributed by atoms with Gasteiger partial charge in [0.2, 0.25) is 0 Å². The summed E-state index contributed by atoms with van der Waals surface area (Å²) in [4.78, 5) is 10.6. The van der Waals surface area contributed by atoms with Crippen LogP contribution in [-0.2, 0) is 32.5 Å². The maximum absolute atomic E-state index is 12.0. The van der Waals surface area contributed by atoms with Gasteiger partial charge in [-0.25, -0.2) is 0 Å². The van der Waals surface area contributed by atoms with Crippen LogP contribution in [0.5, 0.6) is 0 Å². The van der Waals surface area contributed by atoms with Crippen molar-refractivity contribution in [2.24, 2.45) is 0 Å². The van der Waals surface area contributed by atoms with Gasteiger partial charge in [0.15, 0.2) is 0 Å². The van der Waals surface area contributed by atoms with Gasteiger partial charge < -0.3 is 9.84 Å². The number of benzene rings is 1. The van der Waals surface area contributed by atoms with Crippen LogP contribution in [0.1, 0.15) is 24.0 Å². The lowest BCUT2D eigenvalue weighted by molar-refractivity contribution is -0.136. The van der Waals surface area contributed by atoms with Crippen LogP contribution in [0.3, 0.4) is 0 Å². The van der Waals surface area contributed by atoms with E-state index in [-0.39, 0.29) is 12.5 Å². The van der Waals surface area contributed by atoms with Crippen LogP contribution in [-0.4, -0.2) is 33.7 Å². The van der Waals surface area contributed by atoms with E-state index in [9.17, 15) is 9.00 Å². The van der Waals surface area contributed by atoms with E-state index in [0.29, 0.717) is 11.5 Å². The standard InChI is InChI=1S/C14H18O4S/c15-14(16)8-11-3-5-12(6-4-11)9-19(17)10-13-2-1-7-18-13/h3-6,13H,1-2,7-10H2,(H,15,16). The molecule has 1 aromatic carbocycles. The largest absolute Gasteiger partial charge is 0.481 e. The molecule has 1 aliphatic heterocycles. The highest BCUT2D eigenvalue weighted by atomic mass is 32.2. The molecule has 1 aliphatic rings. The normalized spacial score (nSPS) is 20.3. The quantitative estimate of drug-likeness (QED) is 0.863. The number of hydrogen-bond donors (Lipinski definition) is 1. The second-order valence-electron chi connectivity index (χ2n) is 4.77. The van der Waals surface area contributed by atoms with E-state index in [1.807, 2.05) is 12.1 Å². The van der Waals surface area contributed by atoms with Crippen molar-refractivity contribution in [3.8, 4) is 0 Å². The monoisotopic (exact) mass is 282 g/mol. The molecule has 0 bridgehead atoms. The molecular formula is C14H18O4S. The third-order valence-electron chi connectivity index (χ3n) is 3.10. The molecule has 4 nitrogen and oxygen atoms in total. The number of carbonyl (C=O) groups is 1. The predicted octanol–water partition coefficient (Wildman–Crippen LogP) is 1.74. The molecular weight excluding hydrogens is 264 g/mol. The summed E-state index contributed by atoms with van der Waals surface area (Å²) in [5.74, 6) is 0.263. The molecule has 1 N–H and O–H groups in total. The molecule has 0 aromatic heterocycles. The van der Waals surface area contributed by atoms with E-state index >= 15 is 0 Å². The van der Waals surface area contributed by atoms with Gasteiger partial charge in [-0.05, 0) is 24.0 Å². The summed E-state index contributed by atoms with van der Waals surface area (Å²) in [5.41, 5.74) is 1.74. The highest BCUT2D eigenvalue weighted by Gasteiger charge is 2.18. The fourth-order valence-corrected chi connectivity index (χ4v) is 3.52. The first-order valence-corrected chi connectivity index (χ1v) is 7.88. The maximum atomic E-state index is 12.0. The molecule has 1 fully saturated rings. The van der Waals surface area contributed by atoms with E-state index in [1.54, 1.807) is 12.1 Å². The lowest BCUT2D eigenvalue weighted by Crippen LogP contribution is -2.16. The molecule has 0 amide bonds. The number of carboxylic acid groups (broad SMARTS) is 1. The van der Waals surface area contributed by atoms with Gasteiger partial charge in [0.1, 0.15) is 0 Å². The number of carboxylic acids is 1. The summed E-state index contributed by atoms with van der Waals surface area (Å²) in [6.45, 7) is 0.783. The molecule has 0 radical (unpaired) electrons. The number of rotatable bonds is 6. The predicted molar refractivity (Wildman–Crippen MR) is 73.5 cm³/mol. The van der Waals surface area contributed by atoms with Crippen LogP contribution < -0.4 is 0 Å². The van der Waals surface area contributed by atoms with Crippen LogP contribution in [0.4, 0.5) is 0 Å². The Hall–Kier alpha value is -1.20. The highest BCUT2D eigenvalue weighted by Crippen LogP contribution is 2.15. The van der Waals surface area contributed by atoms with Crippen molar-refractivity contribution in [3.63, 3.8) is 0 Å². The minimum Gasteiger partial charge on any atom is -0.481 e. The molecule has 2 rings (SSSR count). The molecule has 0 spiro atoms. The summed E-state index contributed by atoms with van der Waals surface area (Å²) < 4.78 is 17.4. The van der Waals surface area contributed by atoms with Gasteiger partial charge in [-0.3, -0.25) is 9.00 Å². The van der Waals surface area contributed by atoms with Gasteiger partial charge in [0.05, 0.1) is 18.3 Å². The van der Waals surface area contributed by atoms with Crippen molar-refractivity contribution in [1.82, 2.24) is 0 Å². The first-order chi connectivity index (χ1) is 9.13. The minimum absolute atomic E-state index is 0.0271. The van der Waals surface area contributed by atoms with Crippen molar-refractivity contribution >= 4 is 16.8 Å². The lowest BCUT2D eigenvalue weighted by Gasteiger charge is -2.09. The molecule has 2 unspecified atom stereocenters. The van der Waals surface area contributed by atoms with E-state index in [1.165, 1.54) is 0 Å². The van der Waals surface area contributed by atoms with Gasteiger partial charge in [0, 0.05) is 23.2 Å². The van der Waals surface area contributed by atoms with E-state index < -0.39 is 16.8 Å². The summed E-state index contributed by atoms with van der Waals surface area (Å²) in [5, 5.41) is 8.68. The van der Waals surface area contributed by atoms with Crippen LogP contribution in [0.2, 0.25) is 0 Å². The third-order valence-corrected chi connectivity index (χ3v) is 4.50. The van der Waals surface area contributed by atoms with Crippen LogP contribution in [0.15, 0.2) is 24.3 Å². The SMILES string of the molecule is O=C(O)Cc1ccc(CS(=O)CC2CCCO2)cc1. The van der Waals surface area contributed by atoms with Crippen LogP contribution >= 0.6 is 0 Å². The number of ether oxygens (including phenoxy) is 1. The Bertz CT molecular complexity index is 449. The van der Waals surface area contributed by atoms with Gasteiger partial charge in [-0.15, -0.1) is 0 Å². The average Bonchev–Trinajstić information content (AvgIpc) is 2.83. The van der Waals surface area contributed by atoms with Crippen molar-refractivity contribution in [2.45, 2.75) is 31.1 Å². The molecule has 1 aromatic rings. The first kappa shape index (κ1) is 14.2. The van der Waals surface area contributed by atoms with Crippen molar-refractivity contribution in [1.29, 1.82) is 0 Å². The Morgan fingerprint density at radius 2 is 2.00 bits per heavy atom. The molecule has 19 heavy (non-hydrogen) atoms. The average molecular weight is 282 g/mol. The first-order valence-electron chi connectivity index (χ1n) is 6.39. The topological polar surface area (TPSA) is 63.6 Å². The Kier molecular flexibility index (Phi) is 5.10. The van der Waals surface area contributed by atoms with E-state index in [4.69, 9.17) is 9.84 Å². The zero-order valence-electron chi connectivity index (χ0n) is 10.7. The highest BCUT2D eigenvalue weighted by molar-refractivity contribution is 7.84. The fourth-order valence-electron chi connectivity index (χ4n) is 2.16. The van der Waals surface area contributed by atoms with Gasteiger partial charge >= 0.3 is 5.97 Å². The van der Waals surface area contributed by atoms with Gasteiger partial charge in [0.25, 0.3) is 0 Å². The van der Waals surface area contributed by atoms with Crippen LogP contribution in [0.25, 0.3) is 0 Å². The third kappa shape index (κ3) is 4.76. The zero-order valence-corrected chi connectivity index (χ0v) is 11.5. The number of aliphatic carboxylic acids is 1. The summed E-state index contributed by atoms with van der Waals surface area (Å²) in [6.07, 6.45) is 2.24. The summed E-state index contributed by atoms with van der Waals surface area (Å²) in [6, 6.07) is 7.27. The van der Waals surface area contributed by atoms with Gasteiger partial charge in [-0.2, -0.15) is 0 Å². The molecule has 1 saturated heterocycles. The smallest absolute Gasteiger partial charge is 0.307 e. The molecule has 0 saturated carbocycles. The molecule has 104 valence electrons. The van der Waals surface area contributed by atoms with Crippen molar-refractivity contribution in [3.05, 3.63) is 35.4 Å². The fraction of sp³-hybridized carbons (Fsp3) is 0.500. The summed E-state index contributed by atoms with van der Waals surface area (Å²) in [7, 11) is -0.920. The van der Waals surface area contributed by atoms with Crippen molar-refractivity contribution in [2.75, 3.05) is 12.4 Å². The number of hydrogen-bond acceptors (Lipinski definition) is 3. The lowest BCUT2D eigenvalue weighted by atomic mass is 10.1. The van der Waals surface area contributed by atoms with E-state index in [0.717, 1.165) is 30.6 Å².